The predicted molar refractivity (Wildman–Crippen MR) is 249 cm³/mol. The van der Waals surface area contributed by atoms with Crippen LogP contribution in [0.15, 0.2) is 108 Å². The minimum atomic E-state index is -3.22. The fraction of sp³-hybridized carbons (Fsp3) is 0.481. The molecule has 1 saturated heterocycles. The van der Waals surface area contributed by atoms with Crippen LogP contribution in [0.2, 0.25) is 28.6 Å². The molecule has 0 radical (unpaired) electrons. The van der Waals surface area contributed by atoms with E-state index in [1.165, 1.54) is 86.5 Å². The molecule has 4 aromatic rings. The van der Waals surface area contributed by atoms with Gasteiger partial charge >= 0.3 is 360 Å². The van der Waals surface area contributed by atoms with E-state index in [2.05, 4.69) is 151 Å². The molecule has 3 heteroatoms. The summed E-state index contributed by atoms with van der Waals surface area (Å²) in [6.45, 7) is 15.2. The van der Waals surface area contributed by atoms with Gasteiger partial charge in [-0.05, 0) is 0 Å². The van der Waals surface area contributed by atoms with Crippen LogP contribution in [0.1, 0.15) is 148 Å². The van der Waals surface area contributed by atoms with Crippen molar-refractivity contribution in [3.05, 3.63) is 130 Å². The average Bonchev–Trinajstić information content (AvgIpc) is 4.02. The second-order valence-corrected chi connectivity index (χ2v) is 75.6. The van der Waals surface area contributed by atoms with Gasteiger partial charge in [0.15, 0.2) is 0 Å². The topological polar surface area (TPSA) is 0 Å². The van der Waals surface area contributed by atoms with Gasteiger partial charge in [-0.1, -0.05) is 0 Å². The van der Waals surface area contributed by atoms with Gasteiger partial charge in [-0.25, -0.2) is 0 Å². The van der Waals surface area contributed by atoms with Crippen LogP contribution < -0.4 is 0 Å². The van der Waals surface area contributed by atoms with E-state index in [0.717, 1.165) is 7.25 Å². The van der Waals surface area contributed by atoms with Crippen LogP contribution in [-0.4, -0.2) is 2.33 Å². The van der Waals surface area contributed by atoms with E-state index in [0.29, 0.717) is 0 Å². The van der Waals surface area contributed by atoms with Crippen LogP contribution in [0.25, 0.3) is 34.4 Å². The summed E-state index contributed by atoms with van der Waals surface area (Å²) < 4.78 is 6.46. The third-order valence-corrected chi connectivity index (χ3v) is 131. The molecule has 2 aliphatic carbocycles. The molecule has 0 bridgehead atoms. The first kappa shape index (κ1) is 43.4. The Hall–Kier alpha value is -1.66. The van der Waals surface area contributed by atoms with E-state index >= 15 is 0 Å². The van der Waals surface area contributed by atoms with Crippen molar-refractivity contribution in [2.45, 2.75) is 154 Å². The molecule has 2 atom stereocenters. The Bertz CT molecular complexity index is 1830. The van der Waals surface area contributed by atoms with Crippen LogP contribution in [0.3, 0.4) is 0 Å². The van der Waals surface area contributed by atoms with E-state index < -0.39 is 41.2 Å². The zero-order chi connectivity index (χ0) is 39.9. The Morgan fingerprint density at radius 2 is 0.825 bits per heavy atom. The van der Waals surface area contributed by atoms with Gasteiger partial charge in [0, 0.05) is 0 Å². The Morgan fingerprint density at radius 3 is 1.16 bits per heavy atom. The molecular weight excluding hydrogens is 859 g/mol. The Labute approximate surface area is 357 Å². The van der Waals surface area contributed by atoms with Gasteiger partial charge in [0.05, 0.1) is 0 Å². The number of allylic oxidation sites excluding steroid dienone is 2. The standard InChI is InChI=1S/2C17H15.C4H8Si.4C4H9.2Zr/c2*1-2-13-11-15-9-6-10-16(17(15)12-13)14-7-4-3-5-8-14;1-2-4-5-3-1;4*1-3-4-2;;/h2*3-12H,2H2,1H3;1-4H2;4*1,3-4H2,2H3;;. The van der Waals surface area contributed by atoms with Crippen LogP contribution in [-0.2, 0) is 38.9 Å². The zero-order valence-electron chi connectivity index (χ0n) is 36.8. The van der Waals surface area contributed by atoms with E-state index in [4.69, 9.17) is 0 Å². The first-order valence-electron chi connectivity index (χ1n) is 23.8. The Kier molecular flexibility index (Phi) is 15.1. The number of benzene rings is 4. The van der Waals surface area contributed by atoms with Gasteiger partial charge < -0.3 is 0 Å². The molecule has 1 fully saturated rings. The predicted octanol–water partition coefficient (Wildman–Crippen LogP) is 17.8. The molecule has 0 aromatic heterocycles. The second-order valence-electron chi connectivity index (χ2n) is 18.4. The normalized spacial score (nSPS) is 18.7. The van der Waals surface area contributed by atoms with Crippen molar-refractivity contribution in [2.75, 3.05) is 0 Å². The average molecular weight is 934 g/mol. The van der Waals surface area contributed by atoms with Crippen molar-refractivity contribution >= 4 is 14.5 Å². The Morgan fingerprint density at radius 1 is 0.456 bits per heavy atom. The molecule has 57 heavy (non-hydrogen) atoms. The zero-order valence-corrected chi connectivity index (χ0v) is 42.7. The van der Waals surface area contributed by atoms with Gasteiger partial charge in [-0.15, -0.1) is 0 Å². The van der Waals surface area contributed by atoms with Crippen molar-refractivity contribution in [1.82, 2.24) is 0 Å². The summed E-state index contributed by atoms with van der Waals surface area (Å²) in [5.41, 5.74) is 16.4. The van der Waals surface area contributed by atoms with Crippen molar-refractivity contribution in [3.63, 3.8) is 0 Å². The number of fused-ring (bicyclic) bond motifs is 2. The van der Waals surface area contributed by atoms with Crippen LogP contribution >= 0.6 is 0 Å². The van der Waals surface area contributed by atoms with Gasteiger partial charge in [0.25, 0.3) is 0 Å². The van der Waals surface area contributed by atoms with Crippen LogP contribution in [0, 0.1) is 0 Å². The van der Waals surface area contributed by atoms with Crippen molar-refractivity contribution in [2.24, 2.45) is 0 Å². The second kappa shape index (κ2) is 19.8. The summed E-state index contributed by atoms with van der Waals surface area (Å²) in [4.78, 5) is 0. The van der Waals surface area contributed by atoms with Crippen LogP contribution in [0.5, 0.6) is 0 Å². The summed E-state index contributed by atoms with van der Waals surface area (Å²) in [6.07, 6.45) is 22.6. The molecule has 7 rings (SSSR count). The van der Waals surface area contributed by atoms with Crippen molar-refractivity contribution in [1.29, 1.82) is 0 Å². The third-order valence-electron chi connectivity index (χ3n) is 15.7. The van der Waals surface area contributed by atoms with Gasteiger partial charge in [-0.2, -0.15) is 0 Å². The first-order valence-corrected chi connectivity index (χ1v) is 43.3. The van der Waals surface area contributed by atoms with E-state index in [9.17, 15) is 0 Å². The Balaban J connectivity index is 1.55. The number of unbranched alkanes of at least 4 members (excludes halogenated alkanes) is 4. The molecule has 1 aliphatic heterocycles. The molecule has 4 aromatic carbocycles. The molecule has 3 aliphatic rings. The molecule has 302 valence electrons. The molecule has 1 heterocycles. The van der Waals surface area contributed by atoms with Crippen molar-refractivity contribution < 1.29 is 38.9 Å². The number of hydrogen-bond acceptors (Lipinski definition) is 0. The van der Waals surface area contributed by atoms with E-state index in [1.54, 1.807) is 52.6 Å². The first-order chi connectivity index (χ1) is 28.0. The van der Waals surface area contributed by atoms with E-state index in [-0.39, 0.29) is 0 Å². The number of rotatable bonds is 20. The number of hydrogen-bond donors (Lipinski definition) is 0. The summed E-state index contributed by atoms with van der Waals surface area (Å²) in [5, 5.41) is 0. The van der Waals surface area contributed by atoms with Gasteiger partial charge in [-0.3, -0.25) is 0 Å². The quantitative estimate of drug-likeness (QED) is 0.0775. The maximum atomic E-state index is 2.81. The summed E-state index contributed by atoms with van der Waals surface area (Å²) >= 11 is -6.43. The molecule has 0 N–H and O–H groups in total. The third kappa shape index (κ3) is 7.89. The fourth-order valence-electron chi connectivity index (χ4n) is 13.4. The van der Waals surface area contributed by atoms with Crippen LogP contribution in [0.4, 0.5) is 0 Å². The SMILES string of the molecule is CCC[CH2][Zr]([CH2]CCC)([CH]1C(CC)=Cc2c(-c3ccccc3)cccc21)[Si]1([Zr]([CH2]CCC)([CH2]CCC)[CH]2C(CC)=Cc3c(-c4ccccc4)cccc32)CCCC1. The maximum absolute atomic E-state index is 3.22. The summed E-state index contributed by atoms with van der Waals surface area (Å²) in [7, 11) is 0. The molecular formula is C54H74SiZr2. The summed E-state index contributed by atoms with van der Waals surface area (Å²) in [6, 6.07) is 41.6. The molecule has 0 saturated carbocycles. The fourth-order valence-corrected chi connectivity index (χ4v) is 179. The summed E-state index contributed by atoms with van der Waals surface area (Å²) in [5.74, 6) is 0. The molecule has 0 amide bonds. The molecule has 2 unspecified atom stereocenters. The van der Waals surface area contributed by atoms with Gasteiger partial charge in [0.1, 0.15) is 0 Å². The minimum absolute atomic E-state index is 0.788. The monoisotopic (exact) mass is 930 g/mol. The molecule has 0 nitrogen and oxygen atoms in total. The van der Waals surface area contributed by atoms with E-state index in [1.807, 2.05) is 22.3 Å². The molecule has 0 spiro atoms. The van der Waals surface area contributed by atoms with Crippen molar-refractivity contribution in [3.8, 4) is 22.3 Å². The van der Waals surface area contributed by atoms with Gasteiger partial charge in [0.2, 0.25) is 0 Å².